The third-order valence-corrected chi connectivity index (χ3v) is 5.79. The number of benzene rings is 2. The molecule has 1 saturated heterocycles. The summed E-state index contributed by atoms with van der Waals surface area (Å²) in [6.45, 7) is 5.59. The number of fused-ring (bicyclic) bond motifs is 1. The number of likely N-dealkylation sites (N-methyl/N-ethyl adjacent to an activating group) is 1. The van der Waals surface area contributed by atoms with Crippen LogP contribution >= 0.6 is 0 Å². The molecule has 0 aliphatic carbocycles. The van der Waals surface area contributed by atoms with Crippen molar-refractivity contribution in [1.29, 1.82) is 0 Å². The Labute approximate surface area is 181 Å². The van der Waals surface area contributed by atoms with Gasteiger partial charge in [-0.25, -0.2) is 0 Å². The maximum absolute atomic E-state index is 13.1. The second-order valence-corrected chi connectivity index (χ2v) is 7.92. The van der Waals surface area contributed by atoms with Crippen LogP contribution in [-0.2, 0) is 7.05 Å². The Balaban J connectivity index is 1.48. The number of ether oxygens (including phenoxy) is 1. The highest BCUT2D eigenvalue weighted by Gasteiger charge is 2.16. The molecule has 2 heterocycles. The SMILES string of the molecule is CN1CCN(CCOc2ccccc2NC(=O)c2cc(=O)n(C)c3ccccc23)CC1. The molecule has 0 bridgehead atoms. The van der Waals surface area contributed by atoms with Crippen LogP contribution in [0, 0.1) is 0 Å². The molecule has 4 rings (SSSR count). The number of carbonyl (C=O) groups excluding carboxylic acids is 1. The molecule has 2 aromatic carbocycles. The van der Waals surface area contributed by atoms with Crippen molar-refractivity contribution in [2.75, 3.05) is 51.7 Å². The zero-order valence-corrected chi connectivity index (χ0v) is 18.0. The van der Waals surface area contributed by atoms with Crippen LogP contribution in [0.1, 0.15) is 10.4 Å². The van der Waals surface area contributed by atoms with Crippen LogP contribution < -0.4 is 15.6 Å². The molecule has 1 amide bonds. The summed E-state index contributed by atoms with van der Waals surface area (Å²) in [5.41, 5.74) is 1.44. The Hall–Kier alpha value is -3.16. The molecule has 7 nitrogen and oxygen atoms in total. The normalized spacial score (nSPS) is 15.2. The number of para-hydroxylation sites is 3. The Bertz CT molecular complexity index is 1130. The molecule has 0 spiro atoms. The zero-order valence-electron chi connectivity index (χ0n) is 18.0. The Morgan fingerprint density at radius 3 is 2.52 bits per heavy atom. The summed E-state index contributed by atoms with van der Waals surface area (Å²) in [5, 5.41) is 3.66. The monoisotopic (exact) mass is 420 g/mol. The molecule has 162 valence electrons. The van der Waals surface area contributed by atoms with E-state index in [4.69, 9.17) is 4.74 Å². The standard InChI is InChI=1S/C24H28N4O3/c1-26-11-13-28(14-12-26)15-16-31-22-10-6-4-8-20(22)25-24(30)19-17-23(29)27(2)21-9-5-3-7-18(19)21/h3-10,17H,11-16H2,1-2H3,(H,25,30). The first-order valence-electron chi connectivity index (χ1n) is 10.6. The van der Waals surface area contributed by atoms with E-state index in [0.717, 1.165) is 43.6 Å². The highest BCUT2D eigenvalue weighted by atomic mass is 16.5. The number of piperazine rings is 1. The first-order chi connectivity index (χ1) is 15.0. The van der Waals surface area contributed by atoms with Crippen LogP contribution in [0.2, 0.25) is 0 Å². The molecule has 7 heteroatoms. The van der Waals surface area contributed by atoms with E-state index in [-0.39, 0.29) is 11.5 Å². The predicted octanol–water partition coefficient (Wildman–Crippen LogP) is 2.42. The molecular weight excluding hydrogens is 392 g/mol. The fourth-order valence-corrected chi connectivity index (χ4v) is 3.84. The average Bonchev–Trinajstić information content (AvgIpc) is 2.78. The Morgan fingerprint density at radius 2 is 1.71 bits per heavy atom. The van der Waals surface area contributed by atoms with Crippen molar-refractivity contribution in [2.24, 2.45) is 7.05 Å². The highest BCUT2D eigenvalue weighted by Crippen LogP contribution is 2.25. The van der Waals surface area contributed by atoms with E-state index in [9.17, 15) is 9.59 Å². The minimum Gasteiger partial charge on any atom is -0.490 e. The zero-order chi connectivity index (χ0) is 21.8. The summed E-state index contributed by atoms with van der Waals surface area (Å²) in [6.07, 6.45) is 0. The van der Waals surface area contributed by atoms with E-state index in [1.165, 1.54) is 6.07 Å². The van der Waals surface area contributed by atoms with Crippen molar-refractivity contribution in [3.8, 4) is 5.75 Å². The number of hydrogen-bond acceptors (Lipinski definition) is 5. The second-order valence-electron chi connectivity index (χ2n) is 7.92. The third kappa shape index (κ3) is 4.78. The minimum absolute atomic E-state index is 0.222. The molecular formula is C24H28N4O3. The number of amides is 1. The molecule has 0 radical (unpaired) electrons. The van der Waals surface area contributed by atoms with Gasteiger partial charge in [0, 0.05) is 51.2 Å². The van der Waals surface area contributed by atoms with E-state index in [2.05, 4.69) is 22.2 Å². The first kappa shape index (κ1) is 21.1. The molecule has 1 fully saturated rings. The van der Waals surface area contributed by atoms with E-state index < -0.39 is 0 Å². The van der Waals surface area contributed by atoms with Gasteiger partial charge in [-0.2, -0.15) is 0 Å². The van der Waals surface area contributed by atoms with Crippen molar-refractivity contribution in [1.82, 2.24) is 14.4 Å². The van der Waals surface area contributed by atoms with Gasteiger partial charge in [0.25, 0.3) is 11.5 Å². The summed E-state index contributed by atoms with van der Waals surface area (Å²) in [4.78, 5) is 30.1. The number of nitrogens with one attached hydrogen (secondary N) is 1. The van der Waals surface area contributed by atoms with Crippen LogP contribution in [-0.4, -0.2) is 66.7 Å². The molecule has 3 aromatic rings. The maximum Gasteiger partial charge on any atom is 0.256 e. The smallest absolute Gasteiger partial charge is 0.256 e. The fourth-order valence-electron chi connectivity index (χ4n) is 3.84. The van der Waals surface area contributed by atoms with E-state index in [1.54, 1.807) is 11.6 Å². The molecule has 31 heavy (non-hydrogen) atoms. The summed E-state index contributed by atoms with van der Waals surface area (Å²) >= 11 is 0. The third-order valence-electron chi connectivity index (χ3n) is 5.79. The summed E-state index contributed by atoms with van der Waals surface area (Å²) < 4.78 is 7.54. The number of anilines is 1. The molecule has 0 saturated carbocycles. The number of pyridine rings is 1. The molecule has 1 N–H and O–H groups in total. The van der Waals surface area contributed by atoms with E-state index in [0.29, 0.717) is 23.6 Å². The molecule has 1 aromatic heterocycles. The van der Waals surface area contributed by atoms with Gasteiger partial charge in [0.1, 0.15) is 12.4 Å². The number of aromatic nitrogens is 1. The van der Waals surface area contributed by atoms with Crippen LogP contribution in [0.25, 0.3) is 10.9 Å². The lowest BCUT2D eigenvalue weighted by Gasteiger charge is -2.32. The van der Waals surface area contributed by atoms with Gasteiger partial charge in [0.05, 0.1) is 16.8 Å². The first-order valence-corrected chi connectivity index (χ1v) is 10.6. The maximum atomic E-state index is 13.1. The quantitative estimate of drug-likeness (QED) is 0.664. The largest absolute Gasteiger partial charge is 0.490 e. The number of aryl methyl sites for hydroxylation is 1. The Kier molecular flexibility index (Phi) is 6.34. The van der Waals surface area contributed by atoms with E-state index >= 15 is 0 Å². The van der Waals surface area contributed by atoms with Gasteiger partial charge in [0.2, 0.25) is 0 Å². The van der Waals surface area contributed by atoms with Gasteiger partial charge in [0.15, 0.2) is 0 Å². The van der Waals surface area contributed by atoms with Gasteiger partial charge in [-0.15, -0.1) is 0 Å². The number of nitrogens with zero attached hydrogens (tertiary/aromatic N) is 3. The van der Waals surface area contributed by atoms with Gasteiger partial charge < -0.3 is 19.5 Å². The summed E-state index contributed by atoms with van der Waals surface area (Å²) in [7, 11) is 3.84. The average molecular weight is 421 g/mol. The van der Waals surface area contributed by atoms with Crippen LogP contribution in [0.3, 0.4) is 0 Å². The minimum atomic E-state index is -0.330. The lowest BCUT2D eigenvalue weighted by molar-refractivity contribution is 0.102. The lowest BCUT2D eigenvalue weighted by atomic mass is 10.1. The van der Waals surface area contributed by atoms with Gasteiger partial charge in [-0.3, -0.25) is 14.5 Å². The molecule has 0 unspecified atom stereocenters. The van der Waals surface area contributed by atoms with Crippen LogP contribution in [0.4, 0.5) is 5.69 Å². The second kappa shape index (κ2) is 9.32. The number of hydrogen-bond donors (Lipinski definition) is 1. The van der Waals surface area contributed by atoms with Crippen molar-refractivity contribution >= 4 is 22.5 Å². The highest BCUT2D eigenvalue weighted by molar-refractivity contribution is 6.12. The summed E-state index contributed by atoms with van der Waals surface area (Å²) in [5.74, 6) is 0.294. The van der Waals surface area contributed by atoms with E-state index in [1.807, 2.05) is 48.5 Å². The predicted molar refractivity (Wildman–Crippen MR) is 123 cm³/mol. The van der Waals surface area contributed by atoms with Gasteiger partial charge in [-0.1, -0.05) is 30.3 Å². The molecule has 1 aliphatic heterocycles. The number of carbonyl (C=O) groups is 1. The molecule has 1 aliphatic rings. The number of rotatable bonds is 6. The fraction of sp³-hybridized carbons (Fsp3) is 0.333. The van der Waals surface area contributed by atoms with Crippen LogP contribution in [0.5, 0.6) is 5.75 Å². The van der Waals surface area contributed by atoms with Crippen molar-refractivity contribution in [2.45, 2.75) is 0 Å². The van der Waals surface area contributed by atoms with Crippen molar-refractivity contribution in [3.63, 3.8) is 0 Å². The summed E-state index contributed by atoms with van der Waals surface area (Å²) in [6, 6.07) is 16.2. The van der Waals surface area contributed by atoms with Gasteiger partial charge >= 0.3 is 0 Å². The Morgan fingerprint density at radius 1 is 1.00 bits per heavy atom. The van der Waals surface area contributed by atoms with Crippen molar-refractivity contribution in [3.05, 3.63) is 70.5 Å². The topological polar surface area (TPSA) is 66.8 Å². The van der Waals surface area contributed by atoms with Crippen LogP contribution in [0.15, 0.2) is 59.4 Å². The molecule has 0 atom stereocenters. The van der Waals surface area contributed by atoms with Crippen molar-refractivity contribution < 1.29 is 9.53 Å². The van der Waals surface area contributed by atoms with Gasteiger partial charge in [-0.05, 0) is 25.2 Å². The lowest BCUT2D eigenvalue weighted by Crippen LogP contribution is -2.45.